The third kappa shape index (κ3) is 2.62. The first-order valence-electron chi connectivity index (χ1n) is 7.64. The van der Waals surface area contributed by atoms with E-state index in [9.17, 15) is 5.11 Å². The molecule has 1 aromatic carbocycles. The van der Waals surface area contributed by atoms with Crippen molar-refractivity contribution in [2.24, 2.45) is 5.92 Å². The van der Waals surface area contributed by atoms with Gasteiger partial charge in [0, 0.05) is 13.7 Å². The Morgan fingerprint density at radius 1 is 1.30 bits per heavy atom. The van der Waals surface area contributed by atoms with E-state index in [0.717, 1.165) is 37.9 Å². The van der Waals surface area contributed by atoms with Crippen molar-refractivity contribution in [2.45, 2.75) is 49.9 Å². The summed E-state index contributed by atoms with van der Waals surface area (Å²) in [4.78, 5) is 0. The zero-order valence-corrected chi connectivity index (χ0v) is 12.1. The van der Waals surface area contributed by atoms with Crippen LogP contribution in [0.2, 0.25) is 0 Å². The summed E-state index contributed by atoms with van der Waals surface area (Å²) in [5, 5.41) is 10.8. The highest BCUT2D eigenvalue weighted by atomic mass is 16.5. The lowest BCUT2D eigenvalue weighted by Gasteiger charge is -2.48. The van der Waals surface area contributed by atoms with Crippen LogP contribution < -0.4 is 0 Å². The average Bonchev–Trinajstić information content (AvgIpc) is 2.47. The van der Waals surface area contributed by atoms with Crippen LogP contribution >= 0.6 is 0 Å². The number of benzene rings is 1. The van der Waals surface area contributed by atoms with E-state index in [1.165, 1.54) is 6.42 Å². The Morgan fingerprint density at radius 2 is 2.05 bits per heavy atom. The highest BCUT2D eigenvalue weighted by Gasteiger charge is 2.45. The van der Waals surface area contributed by atoms with Crippen LogP contribution in [0, 0.1) is 5.92 Å². The van der Waals surface area contributed by atoms with Gasteiger partial charge in [0.25, 0.3) is 0 Å². The quantitative estimate of drug-likeness (QED) is 0.918. The Kier molecular flexibility index (Phi) is 4.11. The monoisotopic (exact) mass is 276 g/mol. The fraction of sp³-hybridized carbons (Fsp3) is 0.647. The van der Waals surface area contributed by atoms with Crippen molar-refractivity contribution in [3.05, 3.63) is 35.9 Å². The first-order chi connectivity index (χ1) is 9.74. The van der Waals surface area contributed by atoms with Crippen LogP contribution in [0.3, 0.4) is 0 Å². The van der Waals surface area contributed by atoms with Crippen molar-refractivity contribution >= 4 is 0 Å². The lowest BCUT2D eigenvalue weighted by atomic mass is 9.70. The second kappa shape index (κ2) is 5.84. The lowest BCUT2D eigenvalue weighted by molar-refractivity contribution is -0.168. The molecule has 2 aliphatic rings. The van der Waals surface area contributed by atoms with Crippen LogP contribution in [0.1, 0.15) is 43.8 Å². The fourth-order valence-corrected chi connectivity index (χ4v) is 3.64. The minimum absolute atomic E-state index is 0.0683. The number of rotatable bonds is 4. The summed E-state index contributed by atoms with van der Waals surface area (Å²) in [5.41, 5.74) is 1.12. The molecular formula is C17H24O3. The molecule has 1 aliphatic carbocycles. The molecule has 0 radical (unpaired) electrons. The predicted octanol–water partition coefficient (Wildman–Crippen LogP) is 3.08. The first kappa shape index (κ1) is 14.1. The molecule has 3 atom stereocenters. The zero-order chi connectivity index (χ0) is 14.0. The SMILES string of the molecule is COC(c1ccccc1)C(O)C1CCOC2(CCC2)C1. The number of aliphatic hydroxyl groups is 1. The van der Waals surface area contributed by atoms with Gasteiger partial charge in [-0.2, -0.15) is 0 Å². The van der Waals surface area contributed by atoms with Crippen LogP contribution in [-0.4, -0.2) is 30.5 Å². The molecule has 0 bridgehead atoms. The lowest BCUT2D eigenvalue weighted by Crippen LogP contribution is -2.48. The molecule has 110 valence electrons. The summed E-state index contributed by atoms with van der Waals surface area (Å²) < 4.78 is 11.5. The standard InChI is InChI=1S/C17H24O3/c1-19-16(13-6-3-2-4-7-13)15(18)14-8-11-20-17(12-14)9-5-10-17/h2-4,6-7,14-16,18H,5,8-12H2,1H3. The normalized spacial score (nSPS) is 27.8. The molecule has 3 unspecified atom stereocenters. The number of aliphatic hydroxyl groups excluding tert-OH is 1. The van der Waals surface area contributed by atoms with E-state index >= 15 is 0 Å². The van der Waals surface area contributed by atoms with Crippen molar-refractivity contribution in [1.29, 1.82) is 0 Å². The molecule has 3 heteroatoms. The second-order valence-electron chi connectivity index (χ2n) is 6.20. The molecule has 1 saturated heterocycles. The summed E-state index contributed by atoms with van der Waals surface area (Å²) >= 11 is 0. The zero-order valence-electron chi connectivity index (χ0n) is 12.1. The largest absolute Gasteiger partial charge is 0.390 e. The summed E-state index contributed by atoms with van der Waals surface area (Å²) in [6, 6.07) is 10.0. The van der Waals surface area contributed by atoms with Crippen LogP contribution in [0.5, 0.6) is 0 Å². The van der Waals surface area contributed by atoms with E-state index in [1.54, 1.807) is 7.11 Å². The fourth-order valence-electron chi connectivity index (χ4n) is 3.64. The Bertz CT molecular complexity index is 427. The molecule has 1 aliphatic heterocycles. The predicted molar refractivity (Wildman–Crippen MR) is 77.5 cm³/mol. The minimum Gasteiger partial charge on any atom is -0.390 e. The molecule has 1 heterocycles. The Hall–Kier alpha value is -0.900. The van der Waals surface area contributed by atoms with Crippen LogP contribution in [0.15, 0.2) is 30.3 Å². The van der Waals surface area contributed by atoms with Crippen molar-refractivity contribution in [3.63, 3.8) is 0 Å². The van der Waals surface area contributed by atoms with Gasteiger partial charge in [0.2, 0.25) is 0 Å². The third-order valence-corrected chi connectivity index (χ3v) is 4.97. The van der Waals surface area contributed by atoms with Crippen molar-refractivity contribution < 1.29 is 14.6 Å². The van der Waals surface area contributed by atoms with Crippen molar-refractivity contribution in [1.82, 2.24) is 0 Å². The molecule has 0 amide bonds. The first-order valence-corrected chi connectivity index (χ1v) is 7.64. The maximum absolute atomic E-state index is 10.8. The Balaban J connectivity index is 1.71. The van der Waals surface area contributed by atoms with Gasteiger partial charge in [-0.05, 0) is 43.6 Å². The van der Waals surface area contributed by atoms with Gasteiger partial charge in [-0.3, -0.25) is 0 Å². The molecule has 3 rings (SSSR count). The van der Waals surface area contributed by atoms with Crippen molar-refractivity contribution in [2.75, 3.05) is 13.7 Å². The molecule has 20 heavy (non-hydrogen) atoms. The van der Waals surface area contributed by atoms with Gasteiger partial charge in [-0.15, -0.1) is 0 Å². The summed E-state index contributed by atoms with van der Waals surface area (Å²) in [6.07, 6.45) is 4.77. The number of hydrogen-bond acceptors (Lipinski definition) is 3. The second-order valence-corrected chi connectivity index (χ2v) is 6.20. The van der Waals surface area contributed by atoms with Gasteiger partial charge in [0.1, 0.15) is 6.10 Å². The van der Waals surface area contributed by atoms with E-state index in [-0.39, 0.29) is 17.6 Å². The maximum Gasteiger partial charge on any atom is 0.108 e. The van der Waals surface area contributed by atoms with Crippen molar-refractivity contribution in [3.8, 4) is 0 Å². The number of ether oxygens (including phenoxy) is 2. The van der Waals surface area contributed by atoms with Crippen LogP contribution in [0.25, 0.3) is 0 Å². The number of methoxy groups -OCH3 is 1. The smallest absolute Gasteiger partial charge is 0.108 e. The molecule has 1 spiro atoms. The highest BCUT2D eigenvalue weighted by molar-refractivity contribution is 5.19. The van der Waals surface area contributed by atoms with E-state index in [2.05, 4.69) is 0 Å². The molecule has 1 N–H and O–H groups in total. The molecular weight excluding hydrogens is 252 g/mol. The van der Waals surface area contributed by atoms with Gasteiger partial charge >= 0.3 is 0 Å². The molecule has 1 aromatic rings. The van der Waals surface area contributed by atoms with Gasteiger partial charge in [0.15, 0.2) is 0 Å². The maximum atomic E-state index is 10.8. The Morgan fingerprint density at radius 3 is 2.65 bits per heavy atom. The van der Waals surface area contributed by atoms with Gasteiger partial charge in [-0.1, -0.05) is 30.3 Å². The topological polar surface area (TPSA) is 38.7 Å². The Labute approximate surface area is 120 Å². The summed E-state index contributed by atoms with van der Waals surface area (Å²) in [7, 11) is 1.68. The van der Waals surface area contributed by atoms with E-state index in [0.29, 0.717) is 0 Å². The number of hydrogen-bond donors (Lipinski definition) is 1. The van der Waals surface area contributed by atoms with Gasteiger partial charge in [0.05, 0.1) is 11.7 Å². The highest BCUT2D eigenvalue weighted by Crippen LogP contribution is 2.46. The molecule has 2 fully saturated rings. The molecule has 0 aromatic heterocycles. The summed E-state index contributed by atoms with van der Waals surface area (Å²) in [5.74, 6) is 0.272. The van der Waals surface area contributed by atoms with E-state index in [1.807, 2.05) is 30.3 Å². The minimum atomic E-state index is -0.455. The molecule has 1 saturated carbocycles. The van der Waals surface area contributed by atoms with Crippen LogP contribution in [-0.2, 0) is 9.47 Å². The summed E-state index contributed by atoms with van der Waals surface area (Å²) in [6.45, 7) is 0.771. The average molecular weight is 276 g/mol. The van der Waals surface area contributed by atoms with Gasteiger partial charge < -0.3 is 14.6 Å². The molecule has 3 nitrogen and oxygen atoms in total. The van der Waals surface area contributed by atoms with Gasteiger partial charge in [-0.25, -0.2) is 0 Å². The third-order valence-electron chi connectivity index (χ3n) is 4.97. The van der Waals surface area contributed by atoms with Crippen LogP contribution in [0.4, 0.5) is 0 Å². The van der Waals surface area contributed by atoms with E-state index in [4.69, 9.17) is 9.47 Å². The van der Waals surface area contributed by atoms with E-state index < -0.39 is 6.10 Å².